The van der Waals surface area contributed by atoms with Crippen molar-refractivity contribution in [3.63, 3.8) is 0 Å². The number of amides is 1. The summed E-state index contributed by atoms with van der Waals surface area (Å²) in [6.07, 6.45) is 6.26. The van der Waals surface area contributed by atoms with E-state index < -0.39 is 0 Å². The van der Waals surface area contributed by atoms with Gasteiger partial charge in [0.1, 0.15) is 11.6 Å². The number of aromatic nitrogens is 3. The van der Waals surface area contributed by atoms with Gasteiger partial charge in [-0.2, -0.15) is 0 Å². The Morgan fingerprint density at radius 2 is 2.03 bits per heavy atom. The highest BCUT2D eigenvalue weighted by molar-refractivity contribution is 5.78. The first kappa shape index (κ1) is 20.9. The molecular weight excluding hydrogens is 393 g/mol. The van der Waals surface area contributed by atoms with Crippen molar-refractivity contribution in [3.05, 3.63) is 66.5 Å². The number of pyridine rings is 1. The van der Waals surface area contributed by atoms with Gasteiger partial charge in [-0.15, -0.1) is 0 Å². The Labute approximate surface area is 181 Å². The average molecular weight is 420 g/mol. The summed E-state index contributed by atoms with van der Waals surface area (Å²) in [4.78, 5) is 28.5. The van der Waals surface area contributed by atoms with E-state index in [1.807, 2.05) is 36.9 Å². The lowest BCUT2D eigenvalue weighted by Crippen LogP contribution is -2.41. The number of hydrogen-bond donors (Lipinski definition) is 1. The Morgan fingerprint density at radius 1 is 1.16 bits per heavy atom. The van der Waals surface area contributed by atoms with Crippen LogP contribution in [0, 0.1) is 11.7 Å². The second-order valence-electron chi connectivity index (χ2n) is 8.07. The molecule has 4 rings (SSSR count). The molecule has 1 aromatic carbocycles. The maximum Gasteiger partial charge on any atom is 0.225 e. The number of rotatable bonds is 5. The number of halogens is 1. The van der Waals surface area contributed by atoms with E-state index >= 15 is 0 Å². The molecule has 1 N–H and O–H groups in total. The molecule has 160 valence electrons. The van der Waals surface area contributed by atoms with Crippen LogP contribution in [0.15, 0.2) is 54.9 Å². The van der Waals surface area contributed by atoms with Crippen LogP contribution < -0.4 is 5.32 Å². The highest BCUT2D eigenvalue weighted by Gasteiger charge is 2.31. The first-order valence-corrected chi connectivity index (χ1v) is 10.6. The largest absolute Gasteiger partial charge is 0.340 e. The van der Waals surface area contributed by atoms with E-state index in [9.17, 15) is 9.18 Å². The average Bonchev–Trinajstić information content (AvgIpc) is 2.79. The van der Waals surface area contributed by atoms with Gasteiger partial charge in [0.05, 0.1) is 11.7 Å². The smallest absolute Gasteiger partial charge is 0.225 e. The number of piperidine rings is 1. The van der Waals surface area contributed by atoms with Gasteiger partial charge in [0, 0.05) is 42.2 Å². The summed E-state index contributed by atoms with van der Waals surface area (Å²) in [5.41, 5.74) is 2.16. The van der Waals surface area contributed by atoms with Crippen molar-refractivity contribution < 1.29 is 9.18 Å². The summed E-state index contributed by atoms with van der Waals surface area (Å²) in [7, 11) is 0. The Balaban J connectivity index is 1.76. The number of hydrogen-bond acceptors (Lipinski definition) is 5. The van der Waals surface area contributed by atoms with Crippen LogP contribution in [0.4, 0.5) is 15.9 Å². The third kappa shape index (κ3) is 4.87. The Morgan fingerprint density at radius 3 is 2.77 bits per heavy atom. The zero-order chi connectivity index (χ0) is 21.8. The van der Waals surface area contributed by atoms with Crippen molar-refractivity contribution in [1.29, 1.82) is 0 Å². The van der Waals surface area contributed by atoms with Crippen molar-refractivity contribution >= 4 is 17.4 Å². The Kier molecular flexibility index (Phi) is 6.21. The summed E-state index contributed by atoms with van der Waals surface area (Å²) in [5, 5.41) is 3.19. The van der Waals surface area contributed by atoms with Gasteiger partial charge in [-0.25, -0.2) is 14.4 Å². The number of carbonyl (C=O) groups is 1. The van der Waals surface area contributed by atoms with Crippen molar-refractivity contribution in [2.24, 2.45) is 5.92 Å². The summed E-state index contributed by atoms with van der Waals surface area (Å²) in [6.45, 7) is 4.53. The van der Waals surface area contributed by atoms with Gasteiger partial charge in [0.2, 0.25) is 5.91 Å². The van der Waals surface area contributed by atoms with Crippen LogP contribution in [-0.4, -0.2) is 32.3 Å². The molecule has 0 unspecified atom stereocenters. The fraction of sp³-hybridized carbons (Fsp3) is 0.333. The summed E-state index contributed by atoms with van der Waals surface area (Å²) >= 11 is 0. The van der Waals surface area contributed by atoms with Gasteiger partial charge in [-0.05, 0) is 49.6 Å². The molecule has 1 aliphatic heterocycles. The molecule has 31 heavy (non-hydrogen) atoms. The first-order chi connectivity index (χ1) is 15.0. The minimum atomic E-state index is -0.326. The molecule has 0 spiro atoms. The van der Waals surface area contributed by atoms with Crippen molar-refractivity contribution in [2.45, 2.75) is 39.2 Å². The molecule has 1 atom stereocenters. The van der Waals surface area contributed by atoms with E-state index in [4.69, 9.17) is 9.97 Å². The van der Waals surface area contributed by atoms with Crippen LogP contribution in [-0.2, 0) is 4.79 Å². The van der Waals surface area contributed by atoms with Crippen LogP contribution in [0.25, 0.3) is 11.3 Å². The molecule has 1 amide bonds. The quantitative estimate of drug-likeness (QED) is 0.621. The van der Waals surface area contributed by atoms with Crippen LogP contribution in [0.3, 0.4) is 0 Å². The van der Waals surface area contributed by atoms with E-state index in [1.54, 1.807) is 24.5 Å². The predicted octanol–water partition coefficient (Wildman–Crippen LogP) is 5.13. The molecule has 1 aliphatic rings. The summed E-state index contributed by atoms with van der Waals surface area (Å²) in [5.74, 6) is 0.838. The lowest BCUT2D eigenvalue weighted by Gasteiger charge is -2.36. The van der Waals surface area contributed by atoms with Crippen LogP contribution in [0.1, 0.15) is 45.0 Å². The molecule has 0 radical (unpaired) electrons. The Hall–Kier alpha value is -3.35. The van der Waals surface area contributed by atoms with Crippen molar-refractivity contribution in [3.8, 4) is 11.3 Å². The SMILES string of the molecule is CC(C)C(=O)N1CCCC[C@@H]1c1nc(Nc2cccc(F)c2)cc(-c2cccnc2)n1. The number of likely N-dealkylation sites (tertiary alicyclic amines) is 1. The predicted molar refractivity (Wildman–Crippen MR) is 118 cm³/mol. The molecule has 2 aromatic heterocycles. The molecule has 6 nitrogen and oxygen atoms in total. The van der Waals surface area contributed by atoms with E-state index in [0.29, 0.717) is 29.6 Å². The van der Waals surface area contributed by atoms with Gasteiger partial charge in [-0.1, -0.05) is 19.9 Å². The van der Waals surface area contributed by atoms with Crippen LogP contribution in [0.2, 0.25) is 0 Å². The second kappa shape index (κ2) is 9.20. The monoisotopic (exact) mass is 419 g/mol. The second-order valence-corrected chi connectivity index (χ2v) is 8.07. The highest BCUT2D eigenvalue weighted by Crippen LogP contribution is 2.32. The fourth-order valence-corrected chi connectivity index (χ4v) is 3.85. The molecule has 3 aromatic rings. The zero-order valence-electron chi connectivity index (χ0n) is 17.8. The van der Waals surface area contributed by atoms with Crippen LogP contribution in [0.5, 0.6) is 0 Å². The standard InChI is InChI=1S/C24H26FN5O/c1-16(2)24(31)30-12-4-3-10-21(30)23-28-20(17-7-6-11-26-15-17)14-22(29-23)27-19-9-5-8-18(25)13-19/h5-9,11,13-16,21H,3-4,10,12H2,1-2H3,(H,27,28,29)/t21-/m1/s1. The van der Waals surface area contributed by atoms with Gasteiger partial charge < -0.3 is 10.2 Å². The van der Waals surface area contributed by atoms with E-state index in [1.165, 1.54) is 12.1 Å². The highest BCUT2D eigenvalue weighted by atomic mass is 19.1. The summed E-state index contributed by atoms with van der Waals surface area (Å²) in [6, 6.07) is 11.7. The third-order valence-electron chi connectivity index (χ3n) is 5.38. The Bertz CT molecular complexity index is 1060. The van der Waals surface area contributed by atoms with Gasteiger partial charge in [0.25, 0.3) is 0 Å². The zero-order valence-corrected chi connectivity index (χ0v) is 17.8. The van der Waals surface area contributed by atoms with E-state index in [2.05, 4.69) is 10.3 Å². The van der Waals surface area contributed by atoms with Gasteiger partial charge in [0.15, 0.2) is 5.82 Å². The van der Waals surface area contributed by atoms with Gasteiger partial charge >= 0.3 is 0 Å². The molecule has 0 saturated carbocycles. The first-order valence-electron chi connectivity index (χ1n) is 10.6. The number of nitrogens with zero attached hydrogens (tertiary/aromatic N) is 4. The lowest BCUT2D eigenvalue weighted by molar-refractivity contribution is -0.138. The fourth-order valence-electron chi connectivity index (χ4n) is 3.85. The van der Waals surface area contributed by atoms with Crippen molar-refractivity contribution in [1.82, 2.24) is 19.9 Å². The maximum absolute atomic E-state index is 13.7. The molecule has 0 bridgehead atoms. The topological polar surface area (TPSA) is 71.0 Å². The number of anilines is 2. The molecule has 7 heteroatoms. The minimum absolute atomic E-state index is 0.0907. The maximum atomic E-state index is 13.7. The van der Waals surface area contributed by atoms with E-state index in [-0.39, 0.29) is 23.7 Å². The normalized spacial score (nSPS) is 16.4. The molecule has 3 heterocycles. The number of carbonyl (C=O) groups excluding carboxylic acids is 1. The number of benzene rings is 1. The lowest BCUT2D eigenvalue weighted by atomic mass is 9.99. The summed E-state index contributed by atoms with van der Waals surface area (Å²) < 4.78 is 13.7. The van der Waals surface area contributed by atoms with E-state index in [0.717, 1.165) is 24.8 Å². The minimum Gasteiger partial charge on any atom is -0.340 e. The van der Waals surface area contributed by atoms with Crippen LogP contribution >= 0.6 is 0 Å². The molecule has 1 saturated heterocycles. The molecule has 1 fully saturated rings. The molecular formula is C24H26FN5O. The molecule has 0 aliphatic carbocycles. The number of nitrogens with one attached hydrogen (secondary N) is 1. The third-order valence-corrected chi connectivity index (χ3v) is 5.38. The van der Waals surface area contributed by atoms with Crippen molar-refractivity contribution in [2.75, 3.05) is 11.9 Å². The van der Waals surface area contributed by atoms with Gasteiger partial charge in [-0.3, -0.25) is 9.78 Å².